The maximum atomic E-state index is 12.7. The summed E-state index contributed by atoms with van der Waals surface area (Å²) in [4.78, 5) is 17.1. The molecule has 0 saturated carbocycles. The van der Waals surface area contributed by atoms with E-state index in [9.17, 15) is 13.6 Å². The van der Waals surface area contributed by atoms with Crippen LogP contribution in [0, 0.1) is 0 Å². The molecule has 0 aliphatic carbocycles. The number of piperazine rings is 1. The van der Waals surface area contributed by atoms with Crippen molar-refractivity contribution in [1.29, 1.82) is 0 Å². The summed E-state index contributed by atoms with van der Waals surface area (Å²) < 4.78 is 40.4. The van der Waals surface area contributed by atoms with Crippen LogP contribution < -0.4 is 19.5 Å². The maximum absolute atomic E-state index is 12.7. The molecule has 0 aromatic heterocycles. The Labute approximate surface area is 179 Å². The highest BCUT2D eigenvalue weighted by Crippen LogP contribution is 2.33. The normalized spacial score (nSPS) is 17.5. The lowest BCUT2D eigenvalue weighted by molar-refractivity contribution is -0.121. The third-order valence-corrected chi connectivity index (χ3v) is 5.54. The molecule has 2 heterocycles. The minimum Gasteiger partial charge on any atom is -0.454 e. The van der Waals surface area contributed by atoms with Gasteiger partial charge in [0.1, 0.15) is 5.75 Å². The average molecular weight is 433 g/mol. The average Bonchev–Trinajstić information content (AvgIpc) is 3.23. The summed E-state index contributed by atoms with van der Waals surface area (Å²) in [5.41, 5.74) is 1.39. The van der Waals surface area contributed by atoms with Gasteiger partial charge in [-0.3, -0.25) is 14.6 Å². The summed E-state index contributed by atoms with van der Waals surface area (Å²) in [6.07, 6.45) is 0. The van der Waals surface area contributed by atoms with Gasteiger partial charge < -0.3 is 19.5 Å². The highest BCUT2D eigenvalue weighted by molar-refractivity contribution is 5.95. The van der Waals surface area contributed by atoms with Gasteiger partial charge in [-0.15, -0.1) is 0 Å². The predicted octanol–water partition coefficient (Wildman–Crippen LogP) is 3.16. The summed E-state index contributed by atoms with van der Waals surface area (Å²) in [7, 11) is 0. The van der Waals surface area contributed by atoms with Crippen LogP contribution in [-0.4, -0.2) is 61.3 Å². The van der Waals surface area contributed by atoms with Gasteiger partial charge in [-0.2, -0.15) is 8.78 Å². The number of hydrogen-bond acceptors (Lipinski definition) is 6. The van der Waals surface area contributed by atoms with E-state index in [1.165, 1.54) is 6.07 Å². The zero-order valence-corrected chi connectivity index (χ0v) is 17.2. The topological polar surface area (TPSA) is 63.3 Å². The number of hydrogen-bond donors (Lipinski definition) is 1. The summed E-state index contributed by atoms with van der Waals surface area (Å²) in [6.45, 7) is 3.02. The van der Waals surface area contributed by atoms with Gasteiger partial charge in [0.05, 0.1) is 11.7 Å². The number of benzene rings is 2. The quantitative estimate of drug-likeness (QED) is 0.724. The molecule has 31 heavy (non-hydrogen) atoms. The van der Waals surface area contributed by atoms with Crippen molar-refractivity contribution in [2.75, 3.05) is 38.3 Å². The zero-order chi connectivity index (χ0) is 21.8. The standard InChI is InChI=1S/C22H25F2N3O4/c1-15(21(28)25-17-4-2-3-5-18(17)31-22(23)24)27-10-8-26(9-11-27)13-16-6-7-19-20(12-16)30-14-29-19/h2-7,12,15,22H,8-11,13-14H2,1H3,(H,25,28)/t15-/m0/s1. The second kappa shape index (κ2) is 9.49. The second-order valence-corrected chi connectivity index (χ2v) is 7.54. The van der Waals surface area contributed by atoms with E-state index in [-0.39, 0.29) is 24.1 Å². The molecule has 4 rings (SSSR count). The third-order valence-electron chi connectivity index (χ3n) is 5.54. The fourth-order valence-corrected chi connectivity index (χ4v) is 3.78. The number of amides is 1. The maximum Gasteiger partial charge on any atom is 0.387 e. The Hall–Kier alpha value is -2.91. The minimum absolute atomic E-state index is 0.0494. The molecule has 2 aliphatic rings. The lowest BCUT2D eigenvalue weighted by atomic mass is 10.1. The Bertz CT molecular complexity index is 919. The lowest BCUT2D eigenvalue weighted by Crippen LogP contribution is -2.52. The Kier molecular flexibility index (Phi) is 6.53. The molecule has 0 unspecified atom stereocenters. The smallest absolute Gasteiger partial charge is 0.387 e. The summed E-state index contributed by atoms with van der Waals surface area (Å²) in [5, 5.41) is 2.71. The van der Waals surface area contributed by atoms with E-state index in [0.29, 0.717) is 0 Å². The molecular weight excluding hydrogens is 408 g/mol. The van der Waals surface area contributed by atoms with E-state index in [4.69, 9.17) is 9.47 Å². The van der Waals surface area contributed by atoms with Crippen molar-refractivity contribution in [1.82, 2.24) is 9.80 Å². The monoisotopic (exact) mass is 433 g/mol. The van der Waals surface area contributed by atoms with Crippen LogP contribution in [-0.2, 0) is 11.3 Å². The molecule has 1 saturated heterocycles. The lowest BCUT2D eigenvalue weighted by Gasteiger charge is -2.37. The third kappa shape index (κ3) is 5.23. The van der Waals surface area contributed by atoms with Crippen molar-refractivity contribution in [2.45, 2.75) is 26.1 Å². The Morgan fingerprint density at radius 3 is 2.61 bits per heavy atom. The second-order valence-electron chi connectivity index (χ2n) is 7.54. The first-order valence-electron chi connectivity index (χ1n) is 10.2. The number of nitrogens with one attached hydrogen (secondary N) is 1. The fraction of sp³-hybridized carbons (Fsp3) is 0.409. The Morgan fingerprint density at radius 2 is 1.84 bits per heavy atom. The van der Waals surface area contributed by atoms with Crippen LogP contribution >= 0.6 is 0 Å². The SMILES string of the molecule is C[C@@H](C(=O)Nc1ccccc1OC(F)F)N1CCN(Cc2ccc3c(c2)OCO3)CC1. The number of carbonyl (C=O) groups is 1. The van der Waals surface area contributed by atoms with Gasteiger partial charge in [0, 0.05) is 32.7 Å². The van der Waals surface area contributed by atoms with Gasteiger partial charge in [-0.05, 0) is 36.8 Å². The van der Waals surface area contributed by atoms with Crippen LogP contribution in [0.25, 0.3) is 0 Å². The largest absolute Gasteiger partial charge is 0.454 e. The van der Waals surface area contributed by atoms with E-state index in [0.717, 1.165) is 49.8 Å². The van der Waals surface area contributed by atoms with Gasteiger partial charge in [0.2, 0.25) is 12.7 Å². The van der Waals surface area contributed by atoms with Crippen LogP contribution in [0.5, 0.6) is 17.2 Å². The first kappa shape index (κ1) is 21.3. The van der Waals surface area contributed by atoms with Crippen LogP contribution in [0.2, 0.25) is 0 Å². The number of alkyl halides is 2. The van der Waals surface area contributed by atoms with Crippen molar-refractivity contribution in [3.63, 3.8) is 0 Å². The number of anilines is 1. The molecule has 2 aliphatic heterocycles. The number of rotatable bonds is 7. The molecular formula is C22H25F2N3O4. The molecule has 9 heteroatoms. The number of nitrogens with zero attached hydrogens (tertiary/aromatic N) is 2. The highest BCUT2D eigenvalue weighted by atomic mass is 19.3. The number of halogens is 2. The van der Waals surface area contributed by atoms with Crippen molar-refractivity contribution >= 4 is 11.6 Å². The van der Waals surface area contributed by atoms with Gasteiger partial charge >= 0.3 is 6.61 Å². The fourth-order valence-electron chi connectivity index (χ4n) is 3.78. The minimum atomic E-state index is -2.95. The van der Waals surface area contributed by atoms with E-state index in [1.54, 1.807) is 18.2 Å². The van der Waals surface area contributed by atoms with E-state index in [1.807, 2.05) is 25.1 Å². The van der Waals surface area contributed by atoms with Crippen LogP contribution in [0.4, 0.5) is 14.5 Å². The van der Waals surface area contributed by atoms with Crippen molar-refractivity contribution in [3.8, 4) is 17.2 Å². The summed E-state index contributed by atoms with van der Waals surface area (Å²) >= 11 is 0. The van der Waals surface area contributed by atoms with Crippen LogP contribution in [0.15, 0.2) is 42.5 Å². The zero-order valence-electron chi connectivity index (χ0n) is 17.2. The van der Waals surface area contributed by atoms with E-state index >= 15 is 0 Å². The molecule has 0 radical (unpaired) electrons. The molecule has 1 fully saturated rings. The Balaban J connectivity index is 1.29. The molecule has 7 nitrogen and oxygen atoms in total. The molecule has 166 valence electrons. The first-order chi connectivity index (χ1) is 15.0. The number of ether oxygens (including phenoxy) is 3. The molecule has 1 atom stereocenters. The van der Waals surface area contributed by atoms with Crippen molar-refractivity contribution in [2.24, 2.45) is 0 Å². The Morgan fingerprint density at radius 1 is 1.10 bits per heavy atom. The molecule has 2 aromatic rings. The van der Waals surface area contributed by atoms with Gasteiger partial charge in [-0.25, -0.2) is 0 Å². The van der Waals surface area contributed by atoms with Crippen LogP contribution in [0.3, 0.4) is 0 Å². The molecule has 2 aromatic carbocycles. The van der Waals surface area contributed by atoms with E-state index < -0.39 is 12.7 Å². The number of para-hydroxylation sites is 2. The first-order valence-corrected chi connectivity index (χ1v) is 10.2. The number of carbonyl (C=O) groups excluding carboxylic acids is 1. The molecule has 0 spiro atoms. The molecule has 1 N–H and O–H groups in total. The summed E-state index contributed by atoms with van der Waals surface area (Å²) in [5.74, 6) is 1.24. The highest BCUT2D eigenvalue weighted by Gasteiger charge is 2.26. The number of fused-ring (bicyclic) bond motifs is 1. The predicted molar refractivity (Wildman–Crippen MR) is 111 cm³/mol. The van der Waals surface area contributed by atoms with Crippen molar-refractivity contribution in [3.05, 3.63) is 48.0 Å². The van der Waals surface area contributed by atoms with Gasteiger partial charge in [0.15, 0.2) is 11.5 Å². The summed E-state index contributed by atoms with van der Waals surface area (Å²) in [6, 6.07) is 11.8. The van der Waals surface area contributed by atoms with Gasteiger partial charge in [-0.1, -0.05) is 18.2 Å². The molecule has 1 amide bonds. The van der Waals surface area contributed by atoms with Crippen LogP contribution in [0.1, 0.15) is 12.5 Å². The van der Waals surface area contributed by atoms with Crippen molar-refractivity contribution < 1.29 is 27.8 Å². The van der Waals surface area contributed by atoms with E-state index in [2.05, 4.69) is 19.9 Å². The molecule has 0 bridgehead atoms. The van der Waals surface area contributed by atoms with Gasteiger partial charge in [0.25, 0.3) is 0 Å².